The first-order valence-electron chi connectivity index (χ1n) is 5.48. The highest BCUT2D eigenvalue weighted by atomic mass is 19.4. The average molecular weight is 246 g/mol. The number of alkyl halides is 3. The second-order valence-electron chi connectivity index (χ2n) is 4.37. The summed E-state index contributed by atoms with van der Waals surface area (Å²) in [6, 6.07) is 4.80. The normalized spacial score (nSPS) is 19.5. The Labute approximate surface area is 96.9 Å². The summed E-state index contributed by atoms with van der Waals surface area (Å²) in [7, 11) is 0. The largest absolute Gasteiger partial charge is 0.416 e. The lowest BCUT2D eigenvalue weighted by molar-refractivity contribution is -0.327. The van der Waals surface area contributed by atoms with Crippen molar-refractivity contribution >= 4 is 0 Å². The van der Waals surface area contributed by atoms with Crippen molar-refractivity contribution in [3.63, 3.8) is 0 Å². The lowest BCUT2D eigenvalue weighted by Crippen LogP contribution is -2.24. The molecule has 1 aromatic carbocycles. The van der Waals surface area contributed by atoms with Crippen molar-refractivity contribution in [1.29, 1.82) is 0 Å². The van der Waals surface area contributed by atoms with Crippen LogP contribution in [0.4, 0.5) is 13.2 Å². The quantitative estimate of drug-likeness (QED) is 0.632. The first-order chi connectivity index (χ1) is 7.98. The molecular formula is C12H13F3O2. The summed E-state index contributed by atoms with van der Waals surface area (Å²) >= 11 is 0. The van der Waals surface area contributed by atoms with E-state index in [4.69, 9.17) is 5.26 Å². The van der Waals surface area contributed by atoms with Gasteiger partial charge in [-0.2, -0.15) is 13.2 Å². The molecule has 0 bridgehead atoms. The Balaban J connectivity index is 2.28. The summed E-state index contributed by atoms with van der Waals surface area (Å²) in [4.78, 5) is 4.53. The van der Waals surface area contributed by atoms with Crippen LogP contribution in [0, 0.1) is 0 Å². The number of halogens is 3. The fourth-order valence-electron chi connectivity index (χ4n) is 2.34. The number of hydrogen-bond acceptors (Lipinski definition) is 2. The van der Waals surface area contributed by atoms with Gasteiger partial charge in [0.15, 0.2) is 0 Å². The van der Waals surface area contributed by atoms with Crippen molar-refractivity contribution in [2.45, 2.75) is 37.5 Å². The molecule has 0 spiro atoms. The minimum Gasteiger partial charge on any atom is -0.251 e. The van der Waals surface area contributed by atoms with Gasteiger partial charge in [0.1, 0.15) is 5.60 Å². The molecule has 17 heavy (non-hydrogen) atoms. The van der Waals surface area contributed by atoms with Crippen molar-refractivity contribution < 1.29 is 23.3 Å². The average Bonchev–Trinajstić information content (AvgIpc) is 2.78. The van der Waals surface area contributed by atoms with Crippen LogP contribution in [0.25, 0.3) is 0 Å². The van der Waals surface area contributed by atoms with Gasteiger partial charge in [0.25, 0.3) is 0 Å². The first kappa shape index (κ1) is 12.4. The smallest absolute Gasteiger partial charge is 0.251 e. The SMILES string of the molecule is OOC1(c2ccc(C(F)(F)F)cc2)CCCC1. The van der Waals surface area contributed by atoms with E-state index in [1.54, 1.807) is 0 Å². The predicted octanol–water partition coefficient (Wildman–Crippen LogP) is 3.96. The Morgan fingerprint density at radius 1 is 1.06 bits per heavy atom. The Morgan fingerprint density at radius 2 is 1.59 bits per heavy atom. The van der Waals surface area contributed by atoms with E-state index in [9.17, 15) is 13.2 Å². The van der Waals surface area contributed by atoms with Gasteiger partial charge in [0, 0.05) is 0 Å². The number of hydrogen-bond donors (Lipinski definition) is 1. The van der Waals surface area contributed by atoms with Crippen molar-refractivity contribution in [1.82, 2.24) is 0 Å². The fourth-order valence-corrected chi connectivity index (χ4v) is 2.34. The Hall–Kier alpha value is -1.07. The van der Waals surface area contributed by atoms with Crippen LogP contribution in [0.5, 0.6) is 0 Å². The molecule has 1 aliphatic rings. The molecular weight excluding hydrogens is 233 g/mol. The third-order valence-electron chi connectivity index (χ3n) is 3.32. The summed E-state index contributed by atoms with van der Waals surface area (Å²) < 4.78 is 37.2. The van der Waals surface area contributed by atoms with Gasteiger partial charge in [-0.3, -0.25) is 5.26 Å². The molecule has 1 N–H and O–H groups in total. The van der Waals surface area contributed by atoms with Crippen LogP contribution < -0.4 is 0 Å². The van der Waals surface area contributed by atoms with Crippen molar-refractivity contribution in [3.8, 4) is 0 Å². The van der Waals surface area contributed by atoms with Gasteiger partial charge in [-0.05, 0) is 43.4 Å². The fraction of sp³-hybridized carbons (Fsp3) is 0.500. The minimum atomic E-state index is -4.33. The van der Waals surface area contributed by atoms with Crippen LogP contribution in [0.3, 0.4) is 0 Å². The third kappa shape index (κ3) is 2.30. The van der Waals surface area contributed by atoms with E-state index in [1.165, 1.54) is 12.1 Å². The highest BCUT2D eigenvalue weighted by Crippen LogP contribution is 2.42. The molecule has 0 heterocycles. The highest BCUT2D eigenvalue weighted by Gasteiger charge is 2.38. The van der Waals surface area contributed by atoms with Crippen molar-refractivity contribution in [2.24, 2.45) is 0 Å². The van der Waals surface area contributed by atoms with Gasteiger partial charge in [-0.25, -0.2) is 4.89 Å². The maximum atomic E-state index is 12.4. The predicted molar refractivity (Wildman–Crippen MR) is 55.3 cm³/mol. The Morgan fingerprint density at radius 3 is 2.00 bits per heavy atom. The van der Waals surface area contributed by atoms with Crippen LogP contribution in [-0.4, -0.2) is 5.26 Å². The molecule has 0 aliphatic heterocycles. The van der Waals surface area contributed by atoms with Gasteiger partial charge < -0.3 is 0 Å². The molecule has 1 aromatic rings. The molecule has 0 radical (unpaired) electrons. The lowest BCUT2D eigenvalue weighted by atomic mass is 9.91. The Bertz CT molecular complexity index is 378. The molecule has 5 heteroatoms. The summed E-state index contributed by atoms with van der Waals surface area (Å²) in [6.45, 7) is 0. The molecule has 1 aliphatic carbocycles. The van der Waals surface area contributed by atoms with Crippen LogP contribution in [0.1, 0.15) is 36.8 Å². The second-order valence-corrected chi connectivity index (χ2v) is 4.37. The minimum absolute atomic E-state index is 0.602. The molecule has 0 atom stereocenters. The zero-order valence-electron chi connectivity index (χ0n) is 9.13. The van der Waals surface area contributed by atoms with E-state index in [-0.39, 0.29) is 0 Å². The van der Waals surface area contributed by atoms with Crippen molar-refractivity contribution in [3.05, 3.63) is 35.4 Å². The van der Waals surface area contributed by atoms with Crippen LogP contribution in [0.15, 0.2) is 24.3 Å². The molecule has 1 fully saturated rings. The summed E-state index contributed by atoms with van der Waals surface area (Å²) in [5.74, 6) is 0. The van der Waals surface area contributed by atoms with Gasteiger partial charge >= 0.3 is 6.18 Å². The van der Waals surface area contributed by atoms with E-state index < -0.39 is 17.3 Å². The van der Waals surface area contributed by atoms with E-state index in [1.807, 2.05) is 0 Å². The van der Waals surface area contributed by atoms with Crippen molar-refractivity contribution in [2.75, 3.05) is 0 Å². The molecule has 0 amide bonds. The molecule has 1 saturated carbocycles. The van der Waals surface area contributed by atoms with E-state index in [0.717, 1.165) is 25.0 Å². The van der Waals surface area contributed by atoms with Gasteiger partial charge in [0.05, 0.1) is 5.56 Å². The van der Waals surface area contributed by atoms with Gasteiger partial charge in [-0.15, -0.1) is 0 Å². The molecule has 2 rings (SSSR count). The third-order valence-corrected chi connectivity index (χ3v) is 3.32. The molecule has 0 saturated heterocycles. The summed E-state index contributed by atoms with van der Waals surface area (Å²) in [6.07, 6.45) is -1.26. The summed E-state index contributed by atoms with van der Waals surface area (Å²) in [5, 5.41) is 8.98. The first-order valence-corrected chi connectivity index (χ1v) is 5.48. The topological polar surface area (TPSA) is 29.5 Å². The molecule has 2 nitrogen and oxygen atoms in total. The number of rotatable bonds is 2. The standard InChI is InChI=1S/C12H13F3O2/c13-12(14,15)10-5-3-9(4-6-10)11(17-16)7-1-2-8-11/h3-6,16H,1-2,7-8H2. The van der Waals surface area contributed by atoms with Gasteiger partial charge in [0.2, 0.25) is 0 Å². The molecule has 0 aromatic heterocycles. The number of benzene rings is 1. The monoisotopic (exact) mass is 246 g/mol. The van der Waals surface area contributed by atoms with Crippen LogP contribution in [-0.2, 0) is 16.7 Å². The zero-order chi connectivity index (χ0) is 12.5. The van der Waals surface area contributed by atoms with Crippen LogP contribution >= 0.6 is 0 Å². The maximum Gasteiger partial charge on any atom is 0.416 e. The lowest BCUT2D eigenvalue weighted by Gasteiger charge is -2.25. The molecule has 0 unspecified atom stereocenters. The van der Waals surface area contributed by atoms with E-state index in [2.05, 4.69) is 4.89 Å². The van der Waals surface area contributed by atoms with Gasteiger partial charge in [-0.1, -0.05) is 12.1 Å². The zero-order valence-corrected chi connectivity index (χ0v) is 9.13. The van der Waals surface area contributed by atoms with E-state index in [0.29, 0.717) is 18.4 Å². The Kier molecular flexibility index (Phi) is 3.14. The summed E-state index contributed by atoms with van der Waals surface area (Å²) in [5.41, 5.74) is -0.901. The highest BCUT2D eigenvalue weighted by molar-refractivity contribution is 5.29. The maximum absolute atomic E-state index is 12.4. The van der Waals surface area contributed by atoms with Crippen LogP contribution in [0.2, 0.25) is 0 Å². The molecule has 94 valence electrons. The van der Waals surface area contributed by atoms with E-state index >= 15 is 0 Å². The second kappa shape index (κ2) is 4.31.